The van der Waals surface area contributed by atoms with E-state index in [0.29, 0.717) is 32.6 Å². The number of sulfonamides is 1. The van der Waals surface area contributed by atoms with Gasteiger partial charge in [-0.25, -0.2) is 8.42 Å². The molecular formula is C24H31N3O4S. The molecular weight excluding hydrogens is 426 g/mol. The molecule has 0 aliphatic carbocycles. The van der Waals surface area contributed by atoms with Crippen molar-refractivity contribution in [2.24, 2.45) is 0 Å². The molecule has 8 heteroatoms. The maximum absolute atomic E-state index is 12.6. The number of likely N-dealkylation sites (N-methyl/N-ethyl adjacent to an activating group) is 1. The molecule has 0 aromatic heterocycles. The van der Waals surface area contributed by atoms with Crippen LogP contribution in [0.5, 0.6) is 0 Å². The van der Waals surface area contributed by atoms with Crippen LogP contribution in [0.1, 0.15) is 37.3 Å². The molecule has 1 aliphatic rings. The number of carbonyl (C=O) groups excluding carboxylic acids is 2. The minimum Gasteiger partial charge on any atom is -0.347 e. The topological polar surface area (TPSA) is 86.8 Å². The van der Waals surface area contributed by atoms with E-state index in [0.717, 1.165) is 24.0 Å². The van der Waals surface area contributed by atoms with Crippen molar-refractivity contribution in [1.82, 2.24) is 14.5 Å². The fraction of sp³-hybridized carbons (Fsp3) is 0.417. The molecule has 0 unspecified atom stereocenters. The van der Waals surface area contributed by atoms with E-state index in [-0.39, 0.29) is 29.7 Å². The summed E-state index contributed by atoms with van der Waals surface area (Å²) in [7, 11) is -3.43. The molecule has 1 fully saturated rings. The summed E-state index contributed by atoms with van der Waals surface area (Å²) in [5.41, 5.74) is 1.93. The average molecular weight is 458 g/mol. The molecule has 1 aliphatic heterocycles. The van der Waals surface area contributed by atoms with Gasteiger partial charge in [0.25, 0.3) is 0 Å². The van der Waals surface area contributed by atoms with Gasteiger partial charge in [0.1, 0.15) is 0 Å². The van der Waals surface area contributed by atoms with Crippen molar-refractivity contribution in [3.63, 3.8) is 0 Å². The van der Waals surface area contributed by atoms with Crippen molar-refractivity contribution in [2.75, 3.05) is 26.2 Å². The number of amides is 2. The summed E-state index contributed by atoms with van der Waals surface area (Å²) in [5, 5.41) is 2.69. The number of rotatable bonds is 10. The van der Waals surface area contributed by atoms with E-state index < -0.39 is 10.0 Å². The van der Waals surface area contributed by atoms with Gasteiger partial charge in [-0.2, -0.15) is 4.31 Å². The molecule has 2 aromatic rings. The summed E-state index contributed by atoms with van der Waals surface area (Å²) >= 11 is 0. The number of nitrogens with zero attached hydrogens (tertiary/aromatic N) is 2. The van der Waals surface area contributed by atoms with Crippen molar-refractivity contribution in [2.45, 2.75) is 44.0 Å². The van der Waals surface area contributed by atoms with Crippen LogP contribution in [-0.4, -0.2) is 55.6 Å². The Balaban J connectivity index is 1.44. The Morgan fingerprint density at radius 2 is 1.62 bits per heavy atom. The minimum absolute atomic E-state index is 0.0352. The van der Waals surface area contributed by atoms with Crippen LogP contribution in [-0.2, 0) is 32.6 Å². The van der Waals surface area contributed by atoms with E-state index in [4.69, 9.17) is 0 Å². The summed E-state index contributed by atoms with van der Waals surface area (Å²) in [4.78, 5) is 26.6. The van der Waals surface area contributed by atoms with Crippen molar-refractivity contribution in [1.29, 1.82) is 0 Å². The SMILES string of the molecule is CCN(Cc1ccccc1)C(=O)CNC(=O)CCc1ccc(S(=O)(=O)N2CCCC2)cc1. The van der Waals surface area contributed by atoms with Crippen LogP contribution in [0.15, 0.2) is 59.5 Å². The van der Waals surface area contributed by atoms with Gasteiger partial charge in [0.15, 0.2) is 0 Å². The Labute approximate surface area is 190 Å². The Morgan fingerprint density at radius 1 is 0.969 bits per heavy atom. The van der Waals surface area contributed by atoms with Crippen LogP contribution in [0.4, 0.5) is 0 Å². The molecule has 1 heterocycles. The van der Waals surface area contributed by atoms with Gasteiger partial charge in [-0.05, 0) is 49.4 Å². The fourth-order valence-corrected chi connectivity index (χ4v) is 5.24. The number of aryl methyl sites for hydroxylation is 1. The van der Waals surface area contributed by atoms with Gasteiger partial charge in [-0.1, -0.05) is 42.5 Å². The van der Waals surface area contributed by atoms with Gasteiger partial charge in [0.05, 0.1) is 11.4 Å². The lowest BCUT2D eigenvalue weighted by Gasteiger charge is -2.21. The second kappa shape index (κ2) is 11.2. The molecule has 0 atom stereocenters. The number of benzene rings is 2. The molecule has 1 N–H and O–H groups in total. The van der Waals surface area contributed by atoms with Crippen molar-refractivity contribution >= 4 is 21.8 Å². The van der Waals surface area contributed by atoms with Crippen LogP contribution in [0.3, 0.4) is 0 Å². The van der Waals surface area contributed by atoms with Crippen LogP contribution in [0, 0.1) is 0 Å². The Kier molecular flexibility index (Phi) is 8.41. The van der Waals surface area contributed by atoms with Crippen molar-refractivity contribution in [3.8, 4) is 0 Å². The first-order chi connectivity index (χ1) is 15.4. The predicted molar refractivity (Wildman–Crippen MR) is 123 cm³/mol. The summed E-state index contributed by atoms with van der Waals surface area (Å²) < 4.78 is 26.7. The van der Waals surface area contributed by atoms with Crippen molar-refractivity contribution < 1.29 is 18.0 Å². The van der Waals surface area contributed by atoms with Gasteiger partial charge >= 0.3 is 0 Å². The fourth-order valence-electron chi connectivity index (χ4n) is 3.72. The Bertz CT molecular complexity index is 1000. The Hall–Kier alpha value is -2.71. The number of carbonyl (C=O) groups is 2. The molecule has 0 spiro atoms. The van der Waals surface area contributed by atoms with E-state index in [9.17, 15) is 18.0 Å². The summed E-state index contributed by atoms with van der Waals surface area (Å²) in [6.07, 6.45) is 2.51. The molecule has 7 nitrogen and oxygen atoms in total. The average Bonchev–Trinajstić information content (AvgIpc) is 3.36. The van der Waals surface area contributed by atoms with Crippen LogP contribution >= 0.6 is 0 Å². The predicted octanol–water partition coefficient (Wildman–Crippen LogP) is 2.57. The van der Waals surface area contributed by atoms with E-state index >= 15 is 0 Å². The molecule has 2 amide bonds. The molecule has 0 bridgehead atoms. The second-order valence-corrected chi connectivity index (χ2v) is 9.86. The third-order valence-electron chi connectivity index (χ3n) is 5.65. The smallest absolute Gasteiger partial charge is 0.243 e. The van der Waals surface area contributed by atoms with Crippen LogP contribution < -0.4 is 5.32 Å². The third kappa shape index (κ3) is 6.40. The molecule has 172 valence electrons. The highest BCUT2D eigenvalue weighted by atomic mass is 32.2. The van der Waals surface area contributed by atoms with Gasteiger partial charge in [0.2, 0.25) is 21.8 Å². The van der Waals surface area contributed by atoms with Crippen LogP contribution in [0.25, 0.3) is 0 Å². The monoisotopic (exact) mass is 457 g/mol. The normalized spacial score (nSPS) is 14.3. The maximum atomic E-state index is 12.6. The number of hydrogen-bond donors (Lipinski definition) is 1. The number of nitrogens with one attached hydrogen (secondary N) is 1. The molecule has 0 radical (unpaired) electrons. The molecule has 1 saturated heterocycles. The summed E-state index contributed by atoms with van der Waals surface area (Å²) in [6.45, 7) is 4.10. The minimum atomic E-state index is -3.43. The van der Waals surface area contributed by atoms with Gasteiger partial charge in [-0.3, -0.25) is 9.59 Å². The standard InChI is InChI=1S/C24H31N3O4S/c1-2-26(19-21-8-4-3-5-9-21)24(29)18-25-23(28)15-12-20-10-13-22(14-11-20)32(30,31)27-16-6-7-17-27/h3-5,8-11,13-14H,2,6-7,12,15-19H2,1H3,(H,25,28). The van der Waals surface area contributed by atoms with E-state index in [1.54, 1.807) is 29.2 Å². The van der Waals surface area contributed by atoms with E-state index in [1.165, 1.54) is 4.31 Å². The zero-order valence-electron chi connectivity index (χ0n) is 18.5. The summed E-state index contributed by atoms with van der Waals surface area (Å²) in [5.74, 6) is -0.330. The first-order valence-corrected chi connectivity index (χ1v) is 12.5. The van der Waals surface area contributed by atoms with E-state index in [2.05, 4.69) is 5.32 Å². The second-order valence-electron chi connectivity index (χ2n) is 7.93. The molecule has 3 rings (SSSR count). The zero-order chi connectivity index (χ0) is 23.0. The van der Waals surface area contributed by atoms with Crippen LogP contribution in [0.2, 0.25) is 0 Å². The highest BCUT2D eigenvalue weighted by Crippen LogP contribution is 2.21. The zero-order valence-corrected chi connectivity index (χ0v) is 19.3. The molecule has 32 heavy (non-hydrogen) atoms. The van der Waals surface area contributed by atoms with Gasteiger partial charge in [-0.15, -0.1) is 0 Å². The quantitative estimate of drug-likeness (QED) is 0.594. The molecule has 0 saturated carbocycles. The maximum Gasteiger partial charge on any atom is 0.243 e. The van der Waals surface area contributed by atoms with Gasteiger partial charge in [0, 0.05) is 32.6 Å². The van der Waals surface area contributed by atoms with Crippen molar-refractivity contribution in [3.05, 3.63) is 65.7 Å². The first kappa shape index (κ1) is 23.9. The largest absolute Gasteiger partial charge is 0.347 e. The molecule has 2 aromatic carbocycles. The lowest BCUT2D eigenvalue weighted by Crippen LogP contribution is -2.39. The summed E-state index contributed by atoms with van der Waals surface area (Å²) in [6, 6.07) is 16.4. The highest BCUT2D eigenvalue weighted by Gasteiger charge is 2.26. The Morgan fingerprint density at radius 3 is 2.25 bits per heavy atom. The lowest BCUT2D eigenvalue weighted by molar-refractivity contribution is -0.133. The lowest BCUT2D eigenvalue weighted by atomic mass is 10.1. The third-order valence-corrected chi connectivity index (χ3v) is 7.57. The van der Waals surface area contributed by atoms with Gasteiger partial charge < -0.3 is 10.2 Å². The van der Waals surface area contributed by atoms with E-state index in [1.807, 2.05) is 37.3 Å². The highest BCUT2D eigenvalue weighted by molar-refractivity contribution is 7.89. The number of hydrogen-bond acceptors (Lipinski definition) is 4. The first-order valence-electron chi connectivity index (χ1n) is 11.1.